The monoisotopic (exact) mass is 269 g/mol. The molecule has 2 heterocycles. The van der Waals surface area contributed by atoms with Gasteiger partial charge >= 0.3 is 0 Å². The molecule has 0 aromatic carbocycles. The van der Waals surface area contributed by atoms with Gasteiger partial charge in [-0.3, -0.25) is 0 Å². The van der Waals surface area contributed by atoms with Crippen molar-refractivity contribution >= 4 is 10.0 Å². The third-order valence-electron chi connectivity index (χ3n) is 3.36. The minimum Gasteiger partial charge on any atom is -0.317 e. The van der Waals surface area contributed by atoms with Crippen LogP contribution in [0.5, 0.6) is 0 Å². The van der Waals surface area contributed by atoms with Crippen LogP contribution < -0.4 is 5.32 Å². The molecule has 5 nitrogen and oxygen atoms in total. The van der Waals surface area contributed by atoms with E-state index >= 15 is 0 Å². The molecule has 6 heteroatoms. The number of aryl methyl sites for hydroxylation is 1. The molecule has 0 radical (unpaired) electrons. The van der Waals surface area contributed by atoms with Crippen LogP contribution in [0.2, 0.25) is 0 Å². The van der Waals surface area contributed by atoms with Crippen LogP contribution in [0.25, 0.3) is 0 Å². The Morgan fingerprint density at radius 2 is 2.06 bits per heavy atom. The Labute approximate surface area is 108 Å². The molecule has 0 spiro atoms. The number of sulfonamides is 1. The number of nitrogens with zero attached hydrogens (tertiary/aromatic N) is 2. The van der Waals surface area contributed by atoms with Crippen LogP contribution in [0.1, 0.15) is 18.4 Å². The second-order valence-corrected chi connectivity index (χ2v) is 6.62. The number of pyridine rings is 1. The first-order valence-corrected chi connectivity index (χ1v) is 7.57. The van der Waals surface area contributed by atoms with Gasteiger partial charge in [-0.1, -0.05) is 0 Å². The Morgan fingerprint density at radius 1 is 1.39 bits per heavy atom. The van der Waals surface area contributed by atoms with Gasteiger partial charge in [-0.25, -0.2) is 13.4 Å². The second-order valence-electron chi connectivity index (χ2n) is 4.67. The van der Waals surface area contributed by atoms with Crippen molar-refractivity contribution in [2.75, 3.05) is 20.1 Å². The van der Waals surface area contributed by atoms with Crippen molar-refractivity contribution < 1.29 is 8.42 Å². The lowest BCUT2D eigenvalue weighted by atomic mass is 10.1. The summed E-state index contributed by atoms with van der Waals surface area (Å²) in [7, 11) is -1.82. The van der Waals surface area contributed by atoms with Crippen LogP contribution in [0.4, 0.5) is 0 Å². The van der Waals surface area contributed by atoms with Crippen molar-refractivity contribution in [2.24, 2.45) is 0 Å². The van der Waals surface area contributed by atoms with Crippen LogP contribution in [0.15, 0.2) is 23.4 Å². The van der Waals surface area contributed by atoms with Gasteiger partial charge in [0.2, 0.25) is 0 Å². The van der Waals surface area contributed by atoms with E-state index < -0.39 is 10.0 Å². The number of piperidine rings is 1. The standard InChI is InChI=1S/C12H19N3O2S/c1-10-3-8-14-12(9-10)18(16,17)15(2)11-4-6-13-7-5-11/h3,8-9,11,13H,4-7H2,1-2H3. The Balaban J connectivity index is 2.24. The summed E-state index contributed by atoms with van der Waals surface area (Å²) >= 11 is 0. The smallest absolute Gasteiger partial charge is 0.260 e. The quantitative estimate of drug-likeness (QED) is 0.880. The molecule has 1 aromatic rings. The first-order valence-electron chi connectivity index (χ1n) is 6.13. The van der Waals surface area contributed by atoms with Gasteiger partial charge in [-0.2, -0.15) is 4.31 Å². The molecule has 1 saturated heterocycles. The summed E-state index contributed by atoms with van der Waals surface area (Å²) in [6, 6.07) is 3.48. The summed E-state index contributed by atoms with van der Waals surface area (Å²) in [5, 5.41) is 3.37. The van der Waals surface area contributed by atoms with Gasteiger partial charge in [0.25, 0.3) is 10.0 Å². The number of hydrogen-bond acceptors (Lipinski definition) is 4. The molecule has 0 bridgehead atoms. The van der Waals surface area contributed by atoms with Crippen molar-refractivity contribution in [1.29, 1.82) is 0 Å². The van der Waals surface area contributed by atoms with Crippen LogP contribution >= 0.6 is 0 Å². The molecule has 0 saturated carbocycles. The number of rotatable bonds is 3. The zero-order valence-electron chi connectivity index (χ0n) is 10.8. The molecule has 2 rings (SSSR count). The number of nitrogens with one attached hydrogen (secondary N) is 1. The highest BCUT2D eigenvalue weighted by Gasteiger charge is 2.29. The summed E-state index contributed by atoms with van der Waals surface area (Å²) in [5.74, 6) is 0. The molecule has 1 aliphatic heterocycles. The fourth-order valence-corrected chi connectivity index (χ4v) is 3.59. The number of hydrogen-bond donors (Lipinski definition) is 1. The van der Waals surface area contributed by atoms with Gasteiger partial charge in [0, 0.05) is 19.3 Å². The SMILES string of the molecule is Cc1ccnc(S(=O)(=O)N(C)C2CCNCC2)c1. The highest BCUT2D eigenvalue weighted by molar-refractivity contribution is 7.89. The van der Waals surface area contributed by atoms with E-state index in [0.717, 1.165) is 31.5 Å². The molecule has 1 fully saturated rings. The molecular formula is C12H19N3O2S. The van der Waals surface area contributed by atoms with Gasteiger partial charge in [0.1, 0.15) is 0 Å². The fraction of sp³-hybridized carbons (Fsp3) is 0.583. The van der Waals surface area contributed by atoms with Crippen molar-refractivity contribution in [1.82, 2.24) is 14.6 Å². The topological polar surface area (TPSA) is 62.3 Å². The van der Waals surface area contributed by atoms with Crippen molar-refractivity contribution in [3.05, 3.63) is 23.9 Å². The zero-order valence-corrected chi connectivity index (χ0v) is 11.6. The maximum atomic E-state index is 12.4. The molecule has 1 aromatic heterocycles. The van der Waals surface area contributed by atoms with Gasteiger partial charge in [-0.05, 0) is 50.6 Å². The van der Waals surface area contributed by atoms with Crippen molar-refractivity contribution in [3.8, 4) is 0 Å². The number of aromatic nitrogens is 1. The summed E-state index contributed by atoms with van der Waals surface area (Å²) in [6.07, 6.45) is 3.24. The maximum Gasteiger partial charge on any atom is 0.260 e. The Hall–Kier alpha value is -0.980. The van der Waals surface area contributed by atoms with E-state index in [9.17, 15) is 8.42 Å². The van der Waals surface area contributed by atoms with Crippen LogP contribution in [0.3, 0.4) is 0 Å². The largest absolute Gasteiger partial charge is 0.317 e. The predicted molar refractivity (Wildman–Crippen MR) is 69.8 cm³/mol. The predicted octanol–water partition coefficient (Wildman–Crippen LogP) is 0.763. The maximum absolute atomic E-state index is 12.4. The molecule has 1 aliphatic rings. The van der Waals surface area contributed by atoms with E-state index in [-0.39, 0.29) is 11.1 Å². The van der Waals surface area contributed by atoms with E-state index in [4.69, 9.17) is 0 Å². The van der Waals surface area contributed by atoms with Crippen molar-refractivity contribution in [2.45, 2.75) is 30.8 Å². The molecule has 18 heavy (non-hydrogen) atoms. The van der Waals surface area contributed by atoms with Gasteiger partial charge in [0.15, 0.2) is 5.03 Å². The molecule has 1 N–H and O–H groups in total. The van der Waals surface area contributed by atoms with Gasteiger partial charge < -0.3 is 5.32 Å². The lowest BCUT2D eigenvalue weighted by Gasteiger charge is -2.30. The van der Waals surface area contributed by atoms with Crippen LogP contribution in [-0.2, 0) is 10.0 Å². The summed E-state index contributed by atoms with van der Waals surface area (Å²) < 4.78 is 26.3. The molecular weight excluding hydrogens is 250 g/mol. The average molecular weight is 269 g/mol. The third kappa shape index (κ3) is 2.71. The fourth-order valence-electron chi connectivity index (χ4n) is 2.16. The molecule has 0 unspecified atom stereocenters. The highest BCUT2D eigenvalue weighted by atomic mass is 32.2. The van der Waals surface area contributed by atoms with E-state index in [2.05, 4.69) is 10.3 Å². The van der Waals surface area contributed by atoms with E-state index in [1.807, 2.05) is 6.92 Å². The molecule has 0 atom stereocenters. The minimum atomic E-state index is -3.47. The Bertz CT molecular complexity index is 510. The highest BCUT2D eigenvalue weighted by Crippen LogP contribution is 2.19. The van der Waals surface area contributed by atoms with E-state index in [0.29, 0.717) is 0 Å². The first-order chi connectivity index (χ1) is 8.51. The molecule has 0 aliphatic carbocycles. The van der Waals surface area contributed by atoms with E-state index in [1.165, 1.54) is 4.31 Å². The van der Waals surface area contributed by atoms with Crippen LogP contribution in [0, 0.1) is 6.92 Å². The Morgan fingerprint density at radius 3 is 2.67 bits per heavy atom. The van der Waals surface area contributed by atoms with Crippen molar-refractivity contribution in [3.63, 3.8) is 0 Å². The summed E-state index contributed by atoms with van der Waals surface area (Å²) in [5.41, 5.74) is 0.905. The first kappa shape index (κ1) is 13.5. The zero-order chi connectivity index (χ0) is 13.2. The average Bonchev–Trinajstić information content (AvgIpc) is 2.39. The van der Waals surface area contributed by atoms with E-state index in [1.54, 1.807) is 25.4 Å². The normalized spacial score (nSPS) is 18.2. The summed E-state index contributed by atoms with van der Waals surface area (Å²) in [4.78, 5) is 3.98. The minimum absolute atomic E-state index is 0.0681. The summed E-state index contributed by atoms with van der Waals surface area (Å²) in [6.45, 7) is 3.60. The second kappa shape index (κ2) is 5.34. The molecule has 0 amide bonds. The van der Waals surface area contributed by atoms with Crippen LogP contribution in [-0.4, -0.2) is 43.9 Å². The lowest BCUT2D eigenvalue weighted by molar-refractivity contribution is 0.295. The van der Waals surface area contributed by atoms with Gasteiger partial charge in [-0.15, -0.1) is 0 Å². The van der Waals surface area contributed by atoms with Gasteiger partial charge in [0.05, 0.1) is 0 Å². The molecule has 100 valence electrons. The lowest BCUT2D eigenvalue weighted by Crippen LogP contribution is -2.44. The third-order valence-corrected chi connectivity index (χ3v) is 5.16. The Kier molecular flexibility index (Phi) is 3.99.